The molecule has 0 radical (unpaired) electrons. The van der Waals surface area contributed by atoms with Gasteiger partial charge in [0.2, 0.25) is 0 Å². The van der Waals surface area contributed by atoms with E-state index in [1.54, 1.807) is 12.1 Å². The molecule has 0 amide bonds. The van der Waals surface area contributed by atoms with Crippen LogP contribution in [0.25, 0.3) is 0 Å². The van der Waals surface area contributed by atoms with E-state index in [1.807, 2.05) is 0 Å². The highest BCUT2D eigenvalue weighted by Crippen LogP contribution is 2.13. The number of rotatable bonds is 3. The second kappa shape index (κ2) is 6.01. The lowest BCUT2D eigenvalue weighted by Gasteiger charge is -2.37. The monoisotopic (exact) mass is 266 g/mol. The van der Waals surface area contributed by atoms with Crippen molar-refractivity contribution in [2.45, 2.75) is 19.5 Å². The zero-order valence-corrected chi connectivity index (χ0v) is 11.4. The molecule has 4 nitrogen and oxygen atoms in total. The summed E-state index contributed by atoms with van der Waals surface area (Å²) >= 11 is 0. The summed E-state index contributed by atoms with van der Waals surface area (Å²) in [5, 5.41) is 18.0. The first-order valence-electron chi connectivity index (χ1n) is 6.54. The van der Waals surface area contributed by atoms with Gasteiger partial charge in [-0.2, -0.15) is 0 Å². The third-order valence-electron chi connectivity index (χ3n) is 3.81. The molecule has 1 aromatic rings. The van der Waals surface area contributed by atoms with Gasteiger partial charge in [0.15, 0.2) is 0 Å². The van der Waals surface area contributed by atoms with Crippen molar-refractivity contribution in [1.29, 1.82) is 0 Å². The van der Waals surface area contributed by atoms with E-state index < -0.39 is 7.12 Å². The molecule has 0 aromatic heterocycles. The third kappa shape index (κ3) is 3.54. The van der Waals surface area contributed by atoms with Gasteiger partial charge in [-0.25, -0.2) is 4.39 Å². The first-order valence-corrected chi connectivity index (χ1v) is 6.54. The van der Waals surface area contributed by atoms with Crippen molar-refractivity contribution in [3.05, 3.63) is 29.6 Å². The maximum Gasteiger partial charge on any atom is 0.488 e. The van der Waals surface area contributed by atoms with E-state index in [4.69, 9.17) is 10.0 Å². The summed E-state index contributed by atoms with van der Waals surface area (Å²) in [6.45, 7) is 5.54. The van der Waals surface area contributed by atoms with Crippen LogP contribution in [0, 0.1) is 5.82 Å². The molecule has 104 valence electrons. The molecule has 1 aliphatic heterocycles. The molecule has 0 saturated carbocycles. The molecule has 1 heterocycles. The molecule has 1 atom stereocenters. The van der Waals surface area contributed by atoms with E-state index in [-0.39, 0.29) is 11.3 Å². The lowest BCUT2D eigenvalue weighted by molar-refractivity contribution is 0.0991. The average Bonchev–Trinajstić information content (AvgIpc) is 2.36. The van der Waals surface area contributed by atoms with Crippen LogP contribution in [0.1, 0.15) is 12.5 Å². The van der Waals surface area contributed by atoms with Gasteiger partial charge >= 0.3 is 7.12 Å². The van der Waals surface area contributed by atoms with Crippen molar-refractivity contribution < 1.29 is 14.4 Å². The number of hydrogen-bond donors (Lipinski definition) is 2. The summed E-state index contributed by atoms with van der Waals surface area (Å²) in [7, 11) is 0.479. The molecule has 1 fully saturated rings. The fraction of sp³-hybridized carbons (Fsp3) is 0.538. The molecule has 1 aliphatic rings. The topological polar surface area (TPSA) is 46.9 Å². The Bertz CT molecular complexity index is 445. The fourth-order valence-electron chi connectivity index (χ4n) is 2.36. The quantitative estimate of drug-likeness (QED) is 0.734. The SMILES string of the molecule is CC1CN(Cc2ccc(B(O)O)cc2F)CCN1C. The Balaban J connectivity index is 2.03. The minimum Gasteiger partial charge on any atom is -0.423 e. The standard InChI is InChI=1S/C13H20BFN2O2/c1-10-8-17(6-5-16(10)2)9-11-3-4-12(14(18)19)7-13(11)15/h3-4,7,10,18-19H,5-6,8-9H2,1-2H3. The van der Waals surface area contributed by atoms with Crippen LogP contribution < -0.4 is 5.46 Å². The summed E-state index contributed by atoms with van der Waals surface area (Å²) in [5.74, 6) is -0.378. The third-order valence-corrected chi connectivity index (χ3v) is 3.81. The Morgan fingerprint density at radius 3 is 2.68 bits per heavy atom. The average molecular weight is 266 g/mol. The van der Waals surface area contributed by atoms with Crippen molar-refractivity contribution in [3.8, 4) is 0 Å². The van der Waals surface area contributed by atoms with Gasteiger partial charge in [-0.15, -0.1) is 0 Å². The molecule has 6 heteroatoms. The zero-order chi connectivity index (χ0) is 14.0. The number of nitrogens with zero attached hydrogens (tertiary/aromatic N) is 2. The van der Waals surface area contributed by atoms with Gasteiger partial charge in [0.25, 0.3) is 0 Å². The summed E-state index contributed by atoms with van der Waals surface area (Å²) in [4.78, 5) is 4.51. The fourth-order valence-corrected chi connectivity index (χ4v) is 2.36. The molecular weight excluding hydrogens is 246 g/mol. The molecule has 1 saturated heterocycles. The van der Waals surface area contributed by atoms with Gasteiger partial charge in [0.05, 0.1) is 0 Å². The Morgan fingerprint density at radius 2 is 2.11 bits per heavy atom. The van der Waals surface area contributed by atoms with E-state index in [0.717, 1.165) is 19.6 Å². The smallest absolute Gasteiger partial charge is 0.423 e. The Kier molecular flexibility index (Phi) is 4.57. The highest BCUT2D eigenvalue weighted by molar-refractivity contribution is 6.58. The van der Waals surface area contributed by atoms with Gasteiger partial charge in [-0.1, -0.05) is 12.1 Å². The molecule has 2 N–H and O–H groups in total. The second-order valence-corrected chi connectivity index (χ2v) is 5.29. The zero-order valence-electron chi connectivity index (χ0n) is 11.4. The minimum absolute atomic E-state index is 0.188. The molecule has 1 aromatic carbocycles. The maximum atomic E-state index is 13.9. The van der Waals surface area contributed by atoms with E-state index in [1.165, 1.54) is 6.07 Å². The first-order chi connectivity index (χ1) is 8.97. The predicted molar refractivity (Wildman–Crippen MR) is 73.6 cm³/mol. The van der Waals surface area contributed by atoms with Crippen molar-refractivity contribution >= 4 is 12.6 Å². The number of hydrogen-bond acceptors (Lipinski definition) is 4. The second-order valence-electron chi connectivity index (χ2n) is 5.29. The van der Waals surface area contributed by atoms with E-state index in [9.17, 15) is 4.39 Å². The molecule has 2 rings (SSSR count). The normalized spacial score (nSPS) is 21.6. The number of likely N-dealkylation sites (N-methyl/N-ethyl adjacent to an activating group) is 1. The molecule has 0 bridgehead atoms. The van der Waals surface area contributed by atoms with E-state index in [0.29, 0.717) is 18.2 Å². The van der Waals surface area contributed by atoms with Crippen molar-refractivity contribution in [2.75, 3.05) is 26.7 Å². The van der Waals surface area contributed by atoms with Crippen LogP contribution in [-0.2, 0) is 6.54 Å². The Labute approximate surface area is 113 Å². The Morgan fingerprint density at radius 1 is 1.37 bits per heavy atom. The van der Waals surface area contributed by atoms with Gasteiger partial charge < -0.3 is 14.9 Å². The van der Waals surface area contributed by atoms with Gasteiger partial charge in [-0.3, -0.25) is 4.90 Å². The van der Waals surface area contributed by atoms with Crippen LogP contribution in [0.5, 0.6) is 0 Å². The molecule has 0 spiro atoms. The van der Waals surface area contributed by atoms with Crippen molar-refractivity contribution in [1.82, 2.24) is 9.80 Å². The largest absolute Gasteiger partial charge is 0.488 e. The van der Waals surface area contributed by atoms with Crippen molar-refractivity contribution in [2.24, 2.45) is 0 Å². The van der Waals surface area contributed by atoms with Gasteiger partial charge in [0, 0.05) is 37.8 Å². The van der Waals surface area contributed by atoms with Gasteiger partial charge in [0.1, 0.15) is 5.82 Å². The van der Waals surface area contributed by atoms with Crippen LogP contribution in [-0.4, -0.2) is 59.7 Å². The summed E-state index contributed by atoms with van der Waals surface area (Å²) in [5.41, 5.74) is 0.786. The summed E-state index contributed by atoms with van der Waals surface area (Å²) in [6.07, 6.45) is 0. The van der Waals surface area contributed by atoms with E-state index >= 15 is 0 Å². The predicted octanol–water partition coefficient (Wildman–Crippen LogP) is -0.359. The number of halogens is 1. The van der Waals surface area contributed by atoms with Crippen LogP contribution in [0.3, 0.4) is 0 Å². The number of piperazine rings is 1. The summed E-state index contributed by atoms with van der Waals surface area (Å²) < 4.78 is 13.9. The van der Waals surface area contributed by atoms with Crippen LogP contribution in [0.4, 0.5) is 4.39 Å². The van der Waals surface area contributed by atoms with Crippen LogP contribution in [0.2, 0.25) is 0 Å². The highest BCUT2D eigenvalue weighted by atomic mass is 19.1. The lowest BCUT2D eigenvalue weighted by Crippen LogP contribution is -2.49. The maximum absolute atomic E-state index is 13.9. The highest BCUT2D eigenvalue weighted by Gasteiger charge is 2.21. The Hall–Kier alpha value is -0.945. The molecule has 19 heavy (non-hydrogen) atoms. The van der Waals surface area contributed by atoms with Crippen LogP contribution >= 0.6 is 0 Å². The molecule has 1 unspecified atom stereocenters. The van der Waals surface area contributed by atoms with Crippen molar-refractivity contribution in [3.63, 3.8) is 0 Å². The number of benzene rings is 1. The molecular formula is C13H20BFN2O2. The van der Waals surface area contributed by atoms with E-state index in [2.05, 4.69) is 23.8 Å². The van der Waals surface area contributed by atoms with Gasteiger partial charge in [-0.05, 0) is 25.5 Å². The lowest BCUT2D eigenvalue weighted by atomic mass is 9.80. The summed E-state index contributed by atoms with van der Waals surface area (Å²) in [6, 6.07) is 4.85. The minimum atomic E-state index is -1.62. The van der Waals surface area contributed by atoms with Crippen LogP contribution in [0.15, 0.2) is 18.2 Å². The molecule has 0 aliphatic carbocycles. The first kappa shape index (κ1) is 14.5.